The minimum Gasteiger partial charge on any atom is -0.454 e. The summed E-state index contributed by atoms with van der Waals surface area (Å²) < 4.78 is 40.8. The lowest BCUT2D eigenvalue weighted by Gasteiger charge is -2.28. The molecule has 154 valence electrons. The van der Waals surface area contributed by atoms with Crippen LogP contribution in [0.3, 0.4) is 0 Å². The minimum absolute atomic E-state index is 0.0955. The fraction of sp³-hybridized carbons (Fsp3) is 0.368. The lowest BCUT2D eigenvalue weighted by molar-refractivity contribution is 0.190. The molecule has 0 aliphatic heterocycles. The molecule has 0 spiro atoms. The Bertz CT molecular complexity index is 850. The van der Waals surface area contributed by atoms with Crippen LogP contribution in [0.4, 0.5) is 5.69 Å². The lowest BCUT2D eigenvalue weighted by Crippen LogP contribution is -2.31. The predicted molar refractivity (Wildman–Crippen MR) is 106 cm³/mol. The summed E-state index contributed by atoms with van der Waals surface area (Å²) in [4.78, 5) is 1.68. The Balaban J connectivity index is 2.64. The molecule has 9 heteroatoms. The quantitative estimate of drug-likeness (QED) is 0.580. The zero-order valence-corrected chi connectivity index (χ0v) is 16.8. The number of rotatable bonds is 11. The maximum Gasteiger partial charge on any atom is 0.241 e. The summed E-state index contributed by atoms with van der Waals surface area (Å²) in [6.45, 7) is 1.39. The van der Waals surface area contributed by atoms with Crippen molar-refractivity contribution in [2.45, 2.75) is 11.5 Å². The summed E-state index contributed by atoms with van der Waals surface area (Å²) in [5.41, 5.74) is 0.882. The number of para-hydroxylation sites is 1. The smallest absolute Gasteiger partial charge is 0.241 e. The maximum absolute atomic E-state index is 12.3. The van der Waals surface area contributed by atoms with Gasteiger partial charge < -0.3 is 24.2 Å². The Morgan fingerprint density at radius 3 is 2.14 bits per heavy atom. The Morgan fingerprint density at radius 1 is 1.04 bits per heavy atom. The van der Waals surface area contributed by atoms with Gasteiger partial charge in [-0.1, -0.05) is 18.2 Å². The molecule has 0 heterocycles. The molecule has 0 aliphatic rings. The van der Waals surface area contributed by atoms with Crippen molar-refractivity contribution in [2.24, 2.45) is 5.14 Å². The normalized spacial score (nSPS) is 11.4. The Morgan fingerprint density at radius 2 is 1.64 bits per heavy atom. The van der Waals surface area contributed by atoms with Gasteiger partial charge in [0.2, 0.25) is 10.0 Å². The number of aliphatic hydroxyl groups excluding tert-OH is 1. The van der Waals surface area contributed by atoms with Crippen molar-refractivity contribution < 1.29 is 27.7 Å². The summed E-state index contributed by atoms with van der Waals surface area (Å²) in [6, 6.07) is 11.8. The third kappa shape index (κ3) is 5.91. The second-order valence-corrected chi connectivity index (χ2v) is 7.56. The molecule has 0 aliphatic carbocycles. The number of anilines is 1. The van der Waals surface area contributed by atoms with Gasteiger partial charge in [-0.2, -0.15) is 0 Å². The largest absolute Gasteiger partial charge is 0.454 e. The highest BCUT2D eigenvalue weighted by Crippen LogP contribution is 2.39. The van der Waals surface area contributed by atoms with E-state index in [0.29, 0.717) is 43.3 Å². The number of nitrogens with zero attached hydrogens (tertiary/aromatic N) is 1. The third-order valence-corrected chi connectivity index (χ3v) is 4.93. The molecule has 0 amide bonds. The van der Waals surface area contributed by atoms with Crippen molar-refractivity contribution in [3.05, 3.63) is 48.0 Å². The van der Waals surface area contributed by atoms with Gasteiger partial charge in [-0.15, -0.1) is 0 Å². The number of benzene rings is 2. The van der Waals surface area contributed by atoms with Crippen molar-refractivity contribution in [3.63, 3.8) is 0 Å². The summed E-state index contributed by atoms with van der Waals surface area (Å²) in [5, 5.41) is 15.1. The summed E-state index contributed by atoms with van der Waals surface area (Å²) in [5.74, 6) is 0.557. The number of ether oxygens (including phenoxy) is 3. The average molecular weight is 410 g/mol. The summed E-state index contributed by atoms with van der Waals surface area (Å²) in [6.07, 6.45) is 0. The summed E-state index contributed by atoms with van der Waals surface area (Å²) >= 11 is 0. The van der Waals surface area contributed by atoms with E-state index in [1.165, 1.54) is 6.07 Å². The Labute approximate surface area is 165 Å². The zero-order valence-electron chi connectivity index (χ0n) is 16.0. The van der Waals surface area contributed by atoms with Gasteiger partial charge in [-0.25, -0.2) is 13.6 Å². The van der Waals surface area contributed by atoms with Gasteiger partial charge >= 0.3 is 0 Å². The monoisotopic (exact) mass is 410 g/mol. The number of hydrogen-bond acceptors (Lipinski definition) is 7. The van der Waals surface area contributed by atoms with Crippen LogP contribution in [-0.4, -0.2) is 54.0 Å². The number of aliphatic hydroxyl groups is 1. The fourth-order valence-corrected chi connectivity index (χ4v) is 3.37. The Kier molecular flexibility index (Phi) is 8.21. The molecule has 0 fully saturated rings. The molecule has 0 saturated heterocycles. The Hall–Kier alpha value is -2.17. The van der Waals surface area contributed by atoms with Crippen LogP contribution in [0.25, 0.3) is 0 Å². The molecule has 0 saturated carbocycles. The highest BCUT2D eigenvalue weighted by atomic mass is 32.2. The van der Waals surface area contributed by atoms with Crippen molar-refractivity contribution in [3.8, 4) is 11.5 Å². The number of sulfonamides is 1. The molecule has 8 nitrogen and oxygen atoms in total. The van der Waals surface area contributed by atoms with Crippen molar-refractivity contribution in [1.82, 2.24) is 0 Å². The number of nitrogens with two attached hydrogens (primary N) is 1. The van der Waals surface area contributed by atoms with E-state index in [1.807, 2.05) is 11.0 Å². The first-order valence-corrected chi connectivity index (χ1v) is 10.2. The van der Waals surface area contributed by atoms with Crippen molar-refractivity contribution in [2.75, 3.05) is 45.4 Å². The van der Waals surface area contributed by atoms with E-state index in [1.54, 1.807) is 44.6 Å². The van der Waals surface area contributed by atoms with Crippen molar-refractivity contribution in [1.29, 1.82) is 0 Å². The van der Waals surface area contributed by atoms with Gasteiger partial charge in [0.1, 0.15) is 10.6 Å². The molecule has 0 atom stereocenters. The van der Waals surface area contributed by atoms with Gasteiger partial charge in [0.25, 0.3) is 0 Å². The summed E-state index contributed by atoms with van der Waals surface area (Å²) in [7, 11) is -0.950. The van der Waals surface area contributed by atoms with E-state index in [0.717, 1.165) is 0 Å². The van der Waals surface area contributed by atoms with E-state index >= 15 is 0 Å². The molecule has 0 unspecified atom stereocenters. The SMILES string of the molecule is COCCN(CCOC)c1cc(CO)cc(S(N)(=O)=O)c1Oc1ccccc1. The molecule has 3 N–H and O–H groups in total. The molecule has 2 rings (SSSR count). The number of primary sulfonamides is 1. The second kappa shape index (κ2) is 10.4. The van der Waals surface area contributed by atoms with Gasteiger partial charge in [0.15, 0.2) is 5.75 Å². The van der Waals surface area contributed by atoms with Crippen LogP contribution in [0.2, 0.25) is 0 Å². The van der Waals surface area contributed by atoms with E-state index in [2.05, 4.69) is 0 Å². The number of hydrogen-bond donors (Lipinski definition) is 2. The zero-order chi connectivity index (χ0) is 20.6. The topological polar surface area (TPSA) is 111 Å². The lowest BCUT2D eigenvalue weighted by atomic mass is 10.1. The third-order valence-electron chi connectivity index (χ3n) is 4.02. The van der Waals surface area contributed by atoms with Gasteiger partial charge in [-0.05, 0) is 29.8 Å². The van der Waals surface area contributed by atoms with Crippen LogP contribution < -0.4 is 14.8 Å². The van der Waals surface area contributed by atoms with Crippen LogP contribution >= 0.6 is 0 Å². The first kappa shape index (κ1) is 22.1. The van der Waals surface area contributed by atoms with E-state index < -0.39 is 10.0 Å². The van der Waals surface area contributed by atoms with Crippen LogP contribution in [0.15, 0.2) is 47.4 Å². The van der Waals surface area contributed by atoms with E-state index in [-0.39, 0.29) is 17.3 Å². The predicted octanol–water partition coefficient (Wildman–Crippen LogP) is 1.72. The molecule has 0 bridgehead atoms. The van der Waals surface area contributed by atoms with Crippen LogP contribution in [0.1, 0.15) is 5.56 Å². The maximum atomic E-state index is 12.3. The van der Waals surface area contributed by atoms with Gasteiger partial charge in [0, 0.05) is 27.3 Å². The van der Waals surface area contributed by atoms with Gasteiger partial charge in [0.05, 0.1) is 25.5 Å². The first-order valence-electron chi connectivity index (χ1n) is 8.67. The molecule has 2 aromatic carbocycles. The van der Waals surface area contributed by atoms with Crippen LogP contribution in [0.5, 0.6) is 11.5 Å². The minimum atomic E-state index is -4.11. The molecular weight excluding hydrogens is 384 g/mol. The highest BCUT2D eigenvalue weighted by Gasteiger charge is 2.24. The number of methoxy groups -OCH3 is 2. The van der Waals surface area contributed by atoms with E-state index in [4.69, 9.17) is 19.3 Å². The van der Waals surface area contributed by atoms with Crippen molar-refractivity contribution >= 4 is 15.7 Å². The standard InChI is InChI=1S/C19H26N2O6S/c1-25-10-8-21(9-11-26-2)17-12-15(14-22)13-18(28(20,23)24)19(17)27-16-6-4-3-5-7-16/h3-7,12-13,22H,8-11,14H2,1-2H3,(H2,20,23,24). The average Bonchev–Trinajstić information content (AvgIpc) is 2.68. The molecule has 0 radical (unpaired) electrons. The second-order valence-electron chi connectivity index (χ2n) is 6.03. The molecule has 0 aromatic heterocycles. The van der Waals surface area contributed by atoms with Crippen LogP contribution in [-0.2, 0) is 26.1 Å². The highest BCUT2D eigenvalue weighted by molar-refractivity contribution is 7.89. The van der Waals surface area contributed by atoms with E-state index in [9.17, 15) is 13.5 Å². The van der Waals surface area contributed by atoms with Gasteiger partial charge in [-0.3, -0.25) is 0 Å². The first-order chi connectivity index (χ1) is 13.4. The fourth-order valence-electron chi connectivity index (χ4n) is 2.65. The van der Waals surface area contributed by atoms with Crippen LogP contribution in [0, 0.1) is 0 Å². The molecular formula is C19H26N2O6S. The molecule has 2 aromatic rings. The molecule has 28 heavy (non-hydrogen) atoms.